The van der Waals surface area contributed by atoms with Crippen LogP contribution in [0, 0.1) is 15.9 Å². The number of hydrogen-bond donors (Lipinski definition) is 0. The topological polar surface area (TPSA) is 101 Å². The summed E-state index contributed by atoms with van der Waals surface area (Å²) >= 11 is 0. The molecule has 0 saturated heterocycles. The predicted molar refractivity (Wildman–Crippen MR) is 43.3 cm³/mol. The van der Waals surface area contributed by atoms with Gasteiger partial charge in [0, 0.05) is 6.07 Å². The lowest BCUT2D eigenvalue weighted by molar-refractivity contribution is -0.387. The molecule has 1 aromatic carbocycles. The minimum atomic E-state index is -4.30. The summed E-state index contributed by atoms with van der Waals surface area (Å²) in [5.74, 6) is -1.14. The minimum Gasteiger partial charge on any atom is -0.258 e. The van der Waals surface area contributed by atoms with E-state index in [-0.39, 0.29) is 0 Å². The summed E-state index contributed by atoms with van der Waals surface area (Å²) in [6.07, 6.45) is 0. The highest BCUT2D eigenvalue weighted by atomic mass is 32.2. The molecule has 0 saturated carbocycles. The van der Waals surface area contributed by atoms with Crippen LogP contribution in [0.2, 0.25) is 0 Å². The maximum atomic E-state index is 12.7. The van der Waals surface area contributed by atoms with Crippen LogP contribution >= 0.6 is 0 Å². The minimum absolute atomic E-state index is 0.512. The van der Waals surface area contributed by atoms with E-state index in [1.807, 2.05) is 0 Å². The second kappa shape index (κ2) is 3.31. The number of benzene rings is 1. The molecular formula is C6H4FN2O4S. The zero-order valence-electron chi connectivity index (χ0n) is 6.60. The van der Waals surface area contributed by atoms with Gasteiger partial charge in [-0.25, -0.2) is 8.42 Å². The van der Waals surface area contributed by atoms with Crippen molar-refractivity contribution in [3.05, 3.63) is 34.1 Å². The molecule has 0 bridgehead atoms. The molecule has 6 nitrogen and oxygen atoms in total. The van der Waals surface area contributed by atoms with Crippen molar-refractivity contribution in [3.8, 4) is 0 Å². The lowest BCUT2D eigenvalue weighted by atomic mass is 10.3. The van der Waals surface area contributed by atoms with E-state index in [0.717, 1.165) is 6.07 Å². The Labute approximate surface area is 78.4 Å². The summed E-state index contributed by atoms with van der Waals surface area (Å²) in [4.78, 5) is 8.55. The van der Waals surface area contributed by atoms with Crippen LogP contribution in [-0.4, -0.2) is 13.3 Å². The van der Waals surface area contributed by atoms with Gasteiger partial charge < -0.3 is 0 Å². The summed E-state index contributed by atoms with van der Waals surface area (Å²) < 4.78 is 34.0. The molecule has 0 heterocycles. The van der Waals surface area contributed by atoms with E-state index in [1.165, 1.54) is 0 Å². The number of nitro groups is 1. The van der Waals surface area contributed by atoms with Gasteiger partial charge in [-0.05, 0) is 12.1 Å². The Morgan fingerprint density at radius 3 is 2.43 bits per heavy atom. The second-order valence-electron chi connectivity index (χ2n) is 2.37. The molecule has 0 aliphatic rings. The third-order valence-corrected chi connectivity index (χ3v) is 2.30. The van der Waals surface area contributed by atoms with Crippen LogP contribution in [-0.2, 0) is 10.0 Å². The number of hydrogen-bond acceptors (Lipinski definition) is 4. The summed E-state index contributed by atoms with van der Waals surface area (Å²) in [5, 5.41) is 16.8. The molecule has 75 valence electrons. The predicted octanol–water partition coefficient (Wildman–Crippen LogP) is 0.706. The fraction of sp³-hybridized carbons (Fsp3) is 0. The van der Waals surface area contributed by atoms with Gasteiger partial charge in [0.05, 0.1) is 9.82 Å². The standard InChI is InChI=1S/C6H4FN2O4S/c7-5-2-1-4(14(8,12)13)3-6(5)9(10)11/h1-3,8H. The summed E-state index contributed by atoms with van der Waals surface area (Å²) in [6.45, 7) is 0. The molecule has 1 aromatic rings. The van der Waals surface area contributed by atoms with E-state index in [2.05, 4.69) is 0 Å². The van der Waals surface area contributed by atoms with Crippen LogP contribution in [0.5, 0.6) is 0 Å². The van der Waals surface area contributed by atoms with Crippen molar-refractivity contribution in [1.29, 1.82) is 0 Å². The van der Waals surface area contributed by atoms with Gasteiger partial charge in [0.2, 0.25) is 5.82 Å². The molecule has 8 heteroatoms. The van der Waals surface area contributed by atoms with Gasteiger partial charge >= 0.3 is 5.69 Å². The zero-order valence-corrected chi connectivity index (χ0v) is 7.41. The summed E-state index contributed by atoms with van der Waals surface area (Å²) in [6, 6.07) is 1.95. The van der Waals surface area contributed by atoms with Crippen LogP contribution in [0.3, 0.4) is 0 Å². The number of nitrogens with zero attached hydrogens (tertiary/aromatic N) is 1. The molecule has 1 radical (unpaired) electrons. The molecule has 0 aromatic heterocycles. The van der Waals surface area contributed by atoms with Crippen LogP contribution in [0.4, 0.5) is 10.1 Å². The van der Waals surface area contributed by atoms with Crippen molar-refractivity contribution in [1.82, 2.24) is 5.14 Å². The van der Waals surface area contributed by atoms with Gasteiger partial charge in [0.15, 0.2) is 0 Å². The first kappa shape index (κ1) is 10.5. The van der Waals surface area contributed by atoms with E-state index >= 15 is 0 Å². The fourth-order valence-electron chi connectivity index (χ4n) is 0.800. The Hall–Kier alpha value is -1.54. The molecule has 0 amide bonds. The SMILES string of the molecule is [NH]S(=O)(=O)c1ccc(F)c([N+](=O)[O-])c1. The number of sulfonamides is 1. The maximum absolute atomic E-state index is 12.7. The Morgan fingerprint density at radius 1 is 1.43 bits per heavy atom. The quantitative estimate of drug-likeness (QED) is 0.539. The van der Waals surface area contributed by atoms with E-state index < -0.39 is 31.3 Å². The summed E-state index contributed by atoms with van der Waals surface area (Å²) in [5.41, 5.74) is -0.960. The van der Waals surface area contributed by atoms with Gasteiger partial charge in [0.25, 0.3) is 10.0 Å². The highest BCUT2D eigenvalue weighted by molar-refractivity contribution is 7.88. The second-order valence-corrected chi connectivity index (χ2v) is 3.85. The molecule has 1 rings (SSSR count). The third kappa shape index (κ3) is 2.03. The Balaban J connectivity index is 3.42. The van der Waals surface area contributed by atoms with Crippen LogP contribution in [0.25, 0.3) is 0 Å². The van der Waals surface area contributed by atoms with Crippen molar-refractivity contribution < 1.29 is 17.7 Å². The first-order valence-corrected chi connectivity index (χ1v) is 4.74. The molecule has 0 aliphatic carbocycles. The Bertz CT molecular complexity index is 485. The van der Waals surface area contributed by atoms with E-state index in [4.69, 9.17) is 5.14 Å². The third-order valence-electron chi connectivity index (χ3n) is 1.42. The summed E-state index contributed by atoms with van der Waals surface area (Å²) in [7, 11) is -4.30. The number of halogens is 1. The average molecular weight is 219 g/mol. The van der Waals surface area contributed by atoms with Crippen molar-refractivity contribution >= 4 is 15.7 Å². The van der Waals surface area contributed by atoms with Crippen LogP contribution in [0.1, 0.15) is 0 Å². The van der Waals surface area contributed by atoms with Gasteiger partial charge in [-0.3, -0.25) is 10.1 Å². The average Bonchev–Trinajstić information content (AvgIpc) is 2.02. The van der Waals surface area contributed by atoms with Crippen molar-refractivity contribution in [2.24, 2.45) is 0 Å². The molecule has 0 atom stereocenters. The first-order chi connectivity index (χ1) is 6.32. The van der Waals surface area contributed by atoms with Crippen molar-refractivity contribution in [2.75, 3.05) is 0 Å². The highest BCUT2D eigenvalue weighted by Crippen LogP contribution is 2.20. The van der Waals surface area contributed by atoms with E-state index in [0.29, 0.717) is 12.1 Å². The van der Waals surface area contributed by atoms with E-state index in [1.54, 1.807) is 0 Å². The van der Waals surface area contributed by atoms with Crippen LogP contribution in [0.15, 0.2) is 23.1 Å². The lowest BCUT2D eigenvalue weighted by Crippen LogP contribution is -2.02. The van der Waals surface area contributed by atoms with Crippen LogP contribution < -0.4 is 5.14 Å². The first-order valence-electron chi connectivity index (χ1n) is 3.26. The normalized spacial score (nSPS) is 11.3. The molecule has 0 spiro atoms. The smallest absolute Gasteiger partial charge is 0.258 e. The molecule has 0 aliphatic heterocycles. The van der Waals surface area contributed by atoms with E-state index in [9.17, 15) is 22.9 Å². The number of nitro benzene ring substituents is 1. The zero-order chi connectivity index (χ0) is 10.9. The Kier molecular flexibility index (Phi) is 2.49. The fourth-order valence-corrected chi connectivity index (χ4v) is 1.31. The van der Waals surface area contributed by atoms with Crippen molar-refractivity contribution in [3.63, 3.8) is 0 Å². The molecule has 1 N–H and O–H groups in total. The number of rotatable bonds is 2. The molecule has 0 unspecified atom stereocenters. The Morgan fingerprint density at radius 2 is 2.00 bits per heavy atom. The maximum Gasteiger partial charge on any atom is 0.306 e. The molecule has 0 fully saturated rings. The molecular weight excluding hydrogens is 215 g/mol. The van der Waals surface area contributed by atoms with Gasteiger partial charge in [-0.1, -0.05) is 0 Å². The molecule has 14 heavy (non-hydrogen) atoms. The van der Waals surface area contributed by atoms with Crippen molar-refractivity contribution in [2.45, 2.75) is 4.90 Å². The lowest BCUT2D eigenvalue weighted by Gasteiger charge is -1.97. The monoisotopic (exact) mass is 219 g/mol. The van der Waals surface area contributed by atoms with Gasteiger partial charge in [0.1, 0.15) is 0 Å². The van der Waals surface area contributed by atoms with Gasteiger partial charge in [-0.15, -0.1) is 5.14 Å². The largest absolute Gasteiger partial charge is 0.306 e. The highest BCUT2D eigenvalue weighted by Gasteiger charge is 2.18. The number of nitrogens with one attached hydrogen (secondary N) is 1. The van der Waals surface area contributed by atoms with Gasteiger partial charge in [-0.2, -0.15) is 4.39 Å².